The van der Waals surface area contributed by atoms with Crippen LogP contribution in [-0.2, 0) is 5.54 Å². The highest BCUT2D eigenvalue weighted by molar-refractivity contribution is 7.09. The molecule has 1 N–H and O–H groups in total. The van der Waals surface area contributed by atoms with Gasteiger partial charge in [-0.05, 0) is 56.4 Å². The zero-order chi connectivity index (χ0) is 19.0. The summed E-state index contributed by atoms with van der Waals surface area (Å²) in [6.07, 6.45) is 4.07. The van der Waals surface area contributed by atoms with Gasteiger partial charge in [-0.3, -0.25) is 4.79 Å². The standard InChI is InChI=1S/C21H20ClN3OS/c1-21(2,20-23-10-11-27-20)25-19(26)17-9-8-16(13-6-7-13)18(24-17)14-4-3-5-15(22)12-14/h3-5,8-13H,6-7H2,1-2H3,(H,25,26). The summed E-state index contributed by atoms with van der Waals surface area (Å²) in [7, 11) is 0. The third-order valence-electron chi connectivity index (χ3n) is 4.67. The van der Waals surface area contributed by atoms with Gasteiger partial charge in [0.2, 0.25) is 0 Å². The summed E-state index contributed by atoms with van der Waals surface area (Å²) in [5.41, 5.74) is 2.82. The molecule has 0 spiro atoms. The minimum absolute atomic E-state index is 0.208. The molecule has 3 aromatic rings. The molecule has 1 fully saturated rings. The predicted octanol–water partition coefficient (Wildman–Crippen LogP) is 5.40. The number of pyridine rings is 1. The number of nitrogens with zero attached hydrogens (tertiary/aromatic N) is 2. The summed E-state index contributed by atoms with van der Waals surface area (Å²) in [6, 6.07) is 11.5. The van der Waals surface area contributed by atoms with Gasteiger partial charge in [-0.2, -0.15) is 0 Å². The molecule has 138 valence electrons. The van der Waals surface area contributed by atoms with Crippen LogP contribution in [0, 0.1) is 0 Å². The molecule has 1 aromatic carbocycles. The lowest BCUT2D eigenvalue weighted by molar-refractivity contribution is 0.0907. The van der Waals surface area contributed by atoms with E-state index in [1.807, 2.05) is 55.6 Å². The van der Waals surface area contributed by atoms with Crippen LogP contribution in [0.15, 0.2) is 48.0 Å². The first-order valence-electron chi connectivity index (χ1n) is 8.93. The van der Waals surface area contributed by atoms with E-state index in [4.69, 9.17) is 16.6 Å². The van der Waals surface area contributed by atoms with Crippen molar-refractivity contribution >= 4 is 28.8 Å². The average molecular weight is 398 g/mol. The molecule has 2 aromatic heterocycles. The van der Waals surface area contributed by atoms with Gasteiger partial charge in [-0.15, -0.1) is 11.3 Å². The molecule has 4 rings (SSSR count). The summed E-state index contributed by atoms with van der Waals surface area (Å²) in [5.74, 6) is 0.316. The predicted molar refractivity (Wildman–Crippen MR) is 109 cm³/mol. The van der Waals surface area contributed by atoms with E-state index in [0.717, 1.165) is 29.1 Å². The van der Waals surface area contributed by atoms with E-state index >= 15 is 0 Å². The second-order valence-corrected chi connectivity index (χ2v) is 8.67. The van der Waals surface area contributed by atoms with Gasteiger partial charge in [-0.25, -0.2) is 9.97 Å². The van der Waals surface area contributed by atoms with E-state index in [1.54, 1.807) is 6.20 Å². The molecule has 4 nitrogen and oxygen atoms in total. The summed E-state index contributed by atoms with van der Waals surface area (Å²) in [6.45, 7) is 3.89. The minimum Gasteiger partial charge on any atom is -0.339 e. The van der Waals surface area contributed by atoms with E-state index < -0.39 is 5.54 Å². The Morgan fingerprint density at radius 3 is 2.74 bits per heavy atom. The number of thiazole rings is 1. The smallest absolute Gasteiger partial charge is 0.270 e. The summed E-state index contributed by atoms with van der Waals surface area (Å²) in [5, 5.41) is 6.48. The molecule has 1 aliphatic rings. The molecule has 0 aliphatic heterocycles. The fourth-order valence-corrected chi connectivity index (χ4v) is 4.03. The van der Waals surface area contributed by atoms with Crippen LogP contribution in [0.25, 0.3) is 11.3 Å². The number of benzene rings is 1. The van der Waals surface area contributed by atoms with Crippen molar-refractivity contribution in [1.82, 2.24) is 15.3 Å². The van der Waals surface area contributed by atoms with Crippen molar-refractivity contribution in [1.29, 1.82) is 0 Å². The largest absolute Gasteiger partial charge is 0.339 e. The van der Waals surface area contributed by atoms with E-state index in [-0.39, 0.29) is 5.91 Å². The van der Waals surface area contributed by atoms with Crippen LogP contribution in [-0.4, -0.2) is 15.9 Å². The van der Waals surface area contributed by atoms with Gasteiger partial charge in [0.1, 0.15) is 10.7 Å². The molecule has 1 saturated carbocycles. The first kappa shape index (κ1) is 18.1. The lowest BCUT2D eigenvalue weighted by Gasteiger charge is -2.23. The molecule has 0 atom stereocenters. The zero-order valence-electron chi connectivity index (χ0n) is 15.2. The second-order valence-electron chi connectivity index (χ2n) is 7.34. The van der Waals surface area contributed by atoms with Crippen molar-refractivity contribution in [3.63, 3.8) is 0 Å². The number of nitrogens with one attached hydrogen (secondary N) is 1. The fourth-order valence-electron chi connectivity index (χ4n) is 3.12. The molecule has 1 aliphatic carbocycles. The number of hydrogen-bond donors (Lipinski definition) is 1. The van der Waals surface area contributed by atoms with Crippen molar-refractivity contribution < 1.29 is 4.79 Å². The quantitative estimate of drug-likeness (QED) is 0.627. The molecule has 0 bridgehead atoms. The third kappa shape index (κ3) is 3.89. The first-order chi connectivity index (χ1) is 12.9. The Hall–Kier alpha value is -2.24. The normalized spacial score (nSPS) is 14.2. The number of halogens is 1. The Kier molecular flexibility index (Phi) is 4.74. The summed E-state index contributed by atoms with van der Waals surface area (Å²) in [4.78, 5) is 21.9. The van der Waals surface area contributed by atoms with Crippen molar-refractivity contribution in [3.8, 4) is 11.3 Å². The Labute approximate surface area is 167 Å². The maximum absolute atomic E-state index is 12.9. The Balaban J connectivity index is 1.67. The number of amides is 1. The summed E-state index contributed by atoms with van der Waals surface area (Å²) < 4.78 is 0. The molecule has 6 heteroatoms. The van der Waals surface area contributed by atoms with Gasteiger partial charge in [0, 0.05) is 22.2 Å². The molecule has 0 radical (unpaired) electrons. The monoisotopic (exact) mass is 397 g/mol. The maximum Gasteiger partial charge on any atom is 0.270 e. The number of carbonyl (C=O) groups is 1. The molecule has 0 saturated heterocycles. The van der Waals surface area contributed by atoms with Crippen LogP contribution in [0.1, 0.15) is 53.7 Å². The SMILES string of the molecule is CC(C)(NC(=O)c1ccc(C2CC2)c(-c2cccc(Cl)c2)n1)c1nccs1. The van der Waals surface area contributed by atoms with Crippen LogP contribution < -0.4 is 5.32 Å². The van der Waals surface area contributed by atoms with Gasteiger partial charge >= 0.3 is 0 Å². The molecular formula is C21H20ClN3OS. The fraction of sp³-hybridized carbons (Fsp3) is 0.286. The van der Waals surface area contributed by atoms with Crippen LogP contribution in [0.4, 0.5) is 0 Å². The van der Waals surface area contributed by atoms with Crippen LogP contribution in [0.2, 0.25) is 5.02 Å². The van der Waals surface area contributed by atoms with Crippen molar-refractivity contribution in [2.45, 2.75) is 38.1 Å². The van der Waals surface area contributed by atoms with E-state index in [1.165, 1.54) is 16.9 Å². The maximum atomic E-state index is 12.9. The number of hydrogen-bond acceptors (Lipinski definition) is 4. The van der Waals surface area contributed by atoms with Crippen LogP contribution in [0.5, 0.6) is 0 Å². The topological polar surface area (TPSA) is 54.9 Å². The van der Waals surface area contributed by atoms with Crippen molar-refractivity contribution in [2.75, 3.05) is 0 Å². The van der Waals surface area contributed by atoms with Gasteiger partial charge in [0.05, 0.1) is 11.2 Å². The lowest BCUT2D eigenvalue weighted by Crippen LogP contribution is -2.41. The van der Waals surface area contributed by atoms with Gasteiger partial charge < -0.3 is 5.32 Å². The van der Waals surface area contributed by atoms with Crippen LogP contribution in [0.3, 0.4) is 0 Å². The minimum atomic E-state index is -0.557. The number of rotatable bonds is 5. The number of carbonyl (C=O) groups excluding carboxylic acids is 1. The highest BCUT2D eigenvalue weighted by atomic mass is 35.5. The Morgan fingerprint density at radius 2 is 2.07 bits per heavy atom. The van der Waals surface area contributed by atoms with E-state index in [9.17, 15) is 4.79 Å². The molecule has 0 unspecified atom stereocenters. The number of aromatic nitrogens is 2. The highest BCUT2D eigenvalue weighted by Gasteiger charge is 2.30. The van der Waals surface area contributed by atoms with Crippen molar-refractivity contribution in [2.24, 2.45) is 0 Å². The molecule has 27 heavy (non-hydrogen) atoms. The third-order valence-corrected chi connectivity index (χ3v) is 6.00. The van der Waals surface area contributed by atoms with Gasteiger partial charge in [-0.1, -0.05) is 29.8 Å². The molecule has 2 heterocycles. The summed E-state index contributed by atoms with van der Waals surface area (Å²) >= 11 is 7.70. The highest BCUT2D eigenvalue weighted by Crippen LogP contribution is 2.44. The molecular weight excluding hydrogens is 378 g/mol. The van der Waals surface area contributed by atoms with Crippen LogP contribution >= 0.6 is 22.9 Å². The zero-order valence-corrected chi connectivity index (χ0v) is 16.8. The van der Waals surface area contributed by atoms with Crippen molar-refractivity contribution in [3.05, 3.63) is 69.3 Å². The van der Waals surface area contributed by atoms with Gasteiger partial charge in [0.25, 0.3) is 5.91 Å². The van der Waals surface area contributed by atoms with E-state index in [2.05, 4.69) is 10.3 Å². The Bertz CT molecular complexity index is 981. The molecule has 1 amide bonds. The second kappa shape index (κ2) is 7.06. The first-order valence-corrected chi connectivity index (χ1v) is 10.2. The van der Waals surface area contributed by atoms with Gasteiger partial charge in [0.15, 0.2) is 0 Å². The lowest BCUT2D eigenvalue weighted by atomic mass is 10.0. The average Bonchev–Trinajstić information content (AvgIpc) is 3.33. The van der Waals surface area contributed by atoms with E-state index in [0.29, 0.717) is 16.6 Å². The Morgan fingerprint density at radius 1 is 1.26 bits per heavy atom.